The van der Waals surface area contributed by atoms with E-state index in [1.165, 1.54) is 0 Å². The van der Waals surface area contributed by atoms with Crippen molar-refractivity contribution in [1.29, 1.82) is 0 Å². The zero-order valence-corrected chi connectivity index (χ0v) is 14.4. The van der Waals surface area contributed by atoms with E-state index in [1.807, 2.05) is 43.3 Å². The highest BCUT2D eigenvalue weighted by Gasteiger charge is 2.12. The van der Waals surface area contributed by atoms with Crippen LogP contribution in [0, 0.1) is 0 Å². The lowest BCUT2D eigenvalue weighted by molar-refractivity contribution is 0.0940. The van der Waals surface area contributed by atoms with Crippen LogP contribution < -0.4 is 10.6 Å². The molecule has 2 N–H and O–H groups in total. The molecule has 1 amide bonds. The Kier molecular flexibility index (Phi) is 5.26. The van der Waals surface area contributed by atoms with E-state index < -0.39 is 0 Å². The number of hydrogen-bond acceptors (Lipinski definition) is 4. The lowest BCUT2D eigenvalue weighted by atomic mass is 10.1. The van der Waals surface area contributed by atoms with Crippen molar-refractivity contribution in [2.24, 2.45) is 0 Å². The fourth-order valence-electron chi connectivity index (χ4n) is 2.35. The molecule has 0 unspecified atom stereocenters. The summed E-state index contributed by atoms with van der Waals surface area (Å²) >= 11 is 5.90. The van der Waals surface area contributed by atoms with Gasteiger partial charge in [0.05, 0.1) is 6.04 Å². The summed E-state index contributed by atoms with van der Waals surface area (Å²) in [6.45, 7) is 1.93. The highest BCUT2D eigenvalue weighted by atomic mass is 35.5. The van der Waals surface area contributed by atoms with Crippen LogP contribution in [0.2, 0.25) is 5.02 Å². The summed E-state index contributed by atoms with van der Waals surface area (Å²) in [5.41, 5.74) is 2.30. The number of rotatable bonds is 5. The van der Waals surface area contributed by atoms with E-state index in [-0.39, 0.29) is 11.9 Å². The molecule has 126 valence electrons. The van der Waals surface area contributed by atoms with Gasteiger partial charge in [-0.05, 0) is 48.9 Å². The Bertz CT molecular complexity index is 853. The number of carbonyl (C=O) groups excluding carboxylic acids is 1. The Labute approximate surface area is 151 Å². The maximum Gasteiger partial charge on any atom is 0.251 e. The molecule has 0 aliphatic carbocycles. The molecule has 0 saturated carbocycles. The summed E-state index contributed by atoms with van der Waals surface area (Å²) in [4.78, 5) is 20.7. The van der Waals surface area contributed by atoms with Gasteiger partial charge in [-0.25, -0.2) is 9.97 Å². The standard InChI is InChI=1S/C19H17ClN4O/c1-13(14-6-8-16(20)9-7-14)23-18(25)15-4-2-5-17(12-15)24-19-21-10-3-11-22-19/h2-13H,1H3,(H,23,25)(H,21,22,24)/t13-/m0/s1. The average molecular weight is 353 g/mol. The number of carbonyl (C=O) groups is 1. The van der Waals surface area contributed by atoms with Crippen molar-refractivity contribution in [3.63, 3.8) is 0 Å². The van der Waals surface area contributed by atoms with Gasteiger partial charge in [0.15, 0.2) is 0 Å². The molecule has 0 fully saturated rings. The minimum atomic E-state index is -0.153. The average Bonchev–Trinajstić information content (AvgIpc) is 2.63. The first-order chi connectivity index (χ1) is 12.1. The van der Waals surface area contributed by atoms with Crippen molar-refractivity contribution < 1.29 is 4.79 Å². The topological polar surface area (TPSA) is 66.9 Å². The van der Waals surface area contributed by atoms with Crippen molar-refractivity contribution in [2.45, 2.75) is 13.0 Å². The molecule has 0 aliphatic heterocycles. The van der Waals surface area contributed by atoms with Gasteiger partial charge in [0.2, 0.25) is 5.95 Å². The molecule has 0 radical (unpaired) electrons. The summed E-state index contributed by atoms with van der Waals surface area (Å²) in [5.74, 6) is 0.328. The van der Waals surface area contributed by atoms with Crippen LogP contribution in [0.15, 0.2) is 67.0 Å². The highest BCUT2D eigenvalue weighted by Crippen LogP contribution is 2.18. The lowest BCUT2D eigenvalue weighted by Gasteiger charge is -2.15. The van der Waals surface area contributed by atoms with Gasteiger partial charge in [0.1, 0.15) is 0 Å². The summed E-state index contributed by atoms with van der Waals surface area (Å²) < 4.78 is 0. The second kappa shape index (κ2) is 7.77. The predicted octanol–water partition coefficient (Wildman–Crippen LogP) is 4.36. The monoisotopic (exact) mass is 352 g/mol. The van der Waals surface area contributed by atoms with Gasteiger partial charge < -0.3 is 10.6 Å². The van der Waals surface area contributed by atoms with Gasteiger partial charge >= 0.3 is 0 Å². The fourth-order valence-corrected chi connectivity index (χ4v) is 2.47. The smallest absolute Gasteiger partial charge is 0.251 e. The van der Waals surface area contributed by atoms with E-state index in [0.717, 1.165) is 11.3 Å². The van der Waals surface area contributed by atoms with Gasteiger partial charge in [0, 0.05) is 28.7 Å². The third-order valence-electron chi connectivity index (χ3n) is 3.66. The van der Waals surface area contributed by atoms with Crippen molar-refractivity contribution in [2.75, 3.05) is 5.32 Å². The molecule has 0 spiro atoms. The van der Waals surface area contributed by atoms with E-state index in [4.69, 9.17) is 11.6 Å². The van der Waals surface area contributed by atoms with E-state index in [9.17, 15) is 4.79 Å². The number of amides is 1. The van der Waals surface area contributed by atoms with Crippen LogP contribution in [-0.4, -0.2) is 15.9 Å². The van der Waals surface area contributed by atoms with E-state index in [2.05, 4.69) is 20.6 Å². The zero-order valence-electron chi connectivity index (χ0n) is 13.6. The predicted molar refractivity (Wildman–Crippen MR) is 99.1 cm³/mol. The van der Waals surface area contributed by atoms with E-state index in [0.29, 0.717) is 16.5 Å². The van der Waals surface area contributed by atoms with Gasteiger partial charge in [-0.3, -0.25) is 4.79 Å². The van der Waals surface area contributed by atoms with E-state index in [1.54, 1.807) is 30.6 Å². The molecule has 0 saturated heterocycles. The molecule has 1 heterocycles. The van der Waals surface area contributed by atoms with Crippen LogP contribution in [0.4, 0.5) is 11.6 Å². The summed E-state index contributed by atoms with van der Waals surface area (Å²) in [5, 5.41) is 6.73. The zero-order chi connectivity index (χ0) is 17.6. The van der Waals surface area contributed by atoms with Crippen molar-refractivity contribution in [3.05, 3.63) is 83.1 Å². The number of benzene rings is 2. The van der Waals surface area contributed by atoms with Crippen molar-refractivity contribution in [3.8, 4) is 0 Å². The number of hydrogen-bond donors (Lipinski definition) is 2. The van der Waals surface area contributed by atoms with Crippen LogP contribution in [0.5, 0.6) is 0 Å². The molecule has 0 aliphatic rings. The lowest BCUT2D eigenvalue weighted by Crippen LogP contribution is -2.26. The Balaban J connectivity index is 1.69. The Morgan fingerprint density at radius 1 is 1.04 bits per heavy atom. The molecule has 2 aromatic carbocycles. The van der Waals surface area contributed by atoms with Crippen molar-refractivity contribution >= 4 is 29.1 Å². The summed E-state index contributed by atoms with van der Waals surface area (Å²) in [6.07, 6.45) is 3.30. The third kappa shape index (κ3) is 4.55. The normalized spacial score (nSPS) is 11.6. The Morgan fingerprint density at radius 3 is 2.48 bits per heavy atom. The molecular formula is C19H17ClN4O. The van der Waals surface area contributed by atoms with Crippen LogP contribution >= 0.6 is 11.6 Å². The minimum absolute atomic E-state index is 0.126. The van der Waals surface area contributed by atoms with Gasteiger partial charge in [-0.15, -0.1) is 0 Å². The number of aromatic nitrogens is 2. The second-order valence-corrected chi connectivity index (χ2v) is 5.96. The molecule has 25 heavy (non-hydrogen) atoms. The molecule has 5 nitrogen and oxygen atoms in total. The molecule has 3 rings (SSSR count). The summed E-state index contributed by atoms with van der Waals surface area (Å²) in [6, 6.07) is 16.2. The third-order valence-corrected chi connectivity index (χ3v) is 3.92. The number of nitrogens with zero attached hydrogens (tertiary/aromatic N) is 2. The van der Waals surface area contributed by atoms with Gasteiger partial charge in [-0.2, -0.15) is 0 Å². The first kappa shape index (κ1) is 16.9. The van der Waals surface area contributed by atoms with Gasteiger partial charge in [0.25, 0.3) is 5.91 Å². The number of anilines is 2. The van der Waals surface area contributed by atoms with Crippen LogP contribution in [-0.2, 0) is 0 Å². The Hall–Kier alpha value is -2.92. The van der Waals surface area contributed by atoms with Crippen LogP contribution in [0.3, 0.4) is 0 Å². The molecule has 0 bridgehead atoms. The first-order valence-electron chi connectivity index (χ1n) is 7.82. The first-order valence-corrected chi connectivity index (χ1v) is 8.20. The largest absolute Gasteiger partial charge is 0.346 e. The highest BCUT2D eigenvalue weighted by molar-refractivity contribution is 6.30. The summed E-state index contributed by atoms with van der Waals surface area (Å²) in [7, 11) is 0. The van der Waals surface area contributed by atoms with Gasteiger partial charge in [-0.1, -0.05) is 29.8 Å². The van der Waals surface area contributed by atoms with Crippen LogP contribution in [0.1, 0.15) is 28.9 Å². The van der Waals surface area contributed by atoms with Crippen molar-refractivity contribution in [1.82, 2.24) is 15.3 Å². The molecule has 6 heteroatoms. The SMILES string of the molecule is C[C@H](NC(=O)c1cccc(Nc2ncccn2)c1)c1ccc(Cl)cc1. The molecule has 1 atom stereocenters. The second-order valence-electron chi connectivity index (χ2n) is 5.52. The number of halogens is 1. The molecule has 1 aromatic heterocycles. The van der Waals surface area contributed by atoms with E-state index >= 15 is 0 Å². The quantitative estimate of drug-likeness (QED) is 0.715. The fraction of sp³-hybridized carbons (Fsp3) is 0.105. The Morgan fingerprint density at radius 2 is 1.76 bits per heavy atom. The maximum absolute atomic E-state index is 12.5. The molecule has 3 aromatic rings. The molecular weight excluding hydrogens is 336 g/mol. The minimum Gasteiger partial charge on any atom is -0.346 e. The number of nitrogens with one attached hydrogen (secondary N) is 2. The maximum atomic E-state index is 12.5. The van der Waals surface area contributed by atoms with Crippen LogP contribution in [0.25, 0.3) is 0 Å².